The van der Waals surface area contributed by atoms with Crippen LogP contribution in [0.25, 0.3) is 10.4 Å². The molecule has 0 radical (unpaired) electrons. The van der Waals surface area contributed by atoms with Gasteiger partial charge in [0.05, 0.1) is 0 Å². The van der Waals surface area contributed by atoms with E-state index in [-0.39, 0.29) is 5.91 Å². The van der Waals surface area contributed by atoms with Crippen molar-refractivity contribution < 1.29 is 4.79 Å². The van der Waals surface area contributed by atoms with Gasteiger partial charge in [0.15, 0.2) is 0 Å². The van der Waals surface area contributed by atoms with Gasteiger partial charge in [0.25, 0.3) is 0 Å². The summed E-state index contributed by atoms with van der Waals surface area (Å²) in [5.41, 5.74) is 1.27. The fourth-order valence-corrected chi connectivity index (χ4v) is 3.35. The maximum Gasteiger partial charge on any atom is 0.220 e. The smallest absolute Gasteiger partial charge is 0.220 e. The predicted octanol–water partition coefficient (Wildman–Crippen LogP) is 2.78. The highest BCUT2D eigenvalue weighted by atomic mass is 32.1. The first-order valence-electron chi connectivity index (χ1n) is 6.95. The maximum atomic E-state index is 11.1. The van der Waals surface area contributed by atoms with Crippen molar-refractivity contribution in [1.29, 1.82) is 0 Å². The fraction of sp³-hybridized carbons (Fsp3) is 0.312. The van der Waals surface area contributed by atoms with Crippen molar-refractivity contribution in [1.82, 2.24) is 10.6 Å². The zero-order valence-corrected chi connectivity index (χ0v) is 12.1. The summed E-state index contributed by atoms with van der Waals surface area (Å²) in [6, 6.07) is 15.2. The summed E-state index contributed by atoms with van der Waals surface area (Å²) in [4.78, 5) is 13.7. The zero-order chi connectivity index (χ0) is 13.8. The van der Waals surface area contributed by atoms with Crippen LogP contribution in [0.15, 0.2) is 42.5 Å². The molecule has 2 aromatic rings. The molecule has 2 heterocycles. The number of carbonyl (C=O) groups is 1. The summed E-state index contributed by atoms with van der Waals surface area (Å²) in [5, 5.41) is 6.42. The zero-order valence-electron chi connectivity index (χ0n) is 11.3. The number of nitrogens with one attached hydrogen (secondary N) is 2. The topological polar surface area (TPSA) is 41.1 Å². The summed E-state index contributed by atoms with van der Waals surface area (Å²) >= 11 is 1.83. The summed E-state index contributed by atoms with van der Waals surface area (Å²) in [7, 11) is 0. The molecule has 0 aliphatic carbocycles. The van der Waals surface area contributed by atoms with Gasteiger partial charge in [-0.3, -0.25) is 4.79 Å². The lowest BCUT2D eigenvalue weighted by Crippen LogP contribution is -2.45. The second kappa shape index (κ2) is 6.20. The Hall–Kier alpha value is -1.65. The quantitative estimate of drug-likeness (QED) is 0.907. The van der Waals surface area contributed by atoms with Crippen LogP contribution in [-0.4, -0.2) is 18.5 Å². The predicted molar refractivity (Wildman–Crippen MR) is 82.6 cm³/mol. The lowest BCUT2D eigenvalue weighted by atomic mass is 10.1. The first kappa shape index (κ1) is 13.3. The Morgan fingerprint density at radius 3 is 2.80 bits per heavy atom. The molecule has 1 fully saturated rings. The highest BCUT2D eigenvalue weighted by Crippen LogP contribution is 2.27. The number of thiophene rings is 1. The van der Waals surface area contributed by atoms with Crippen molar-refractivity contribution >= 4 is 17.2 Å². The molecular formula is C16H18N2OS. The molecule has 0 spiro atoms. The van der Waals surface area contributed by atoms with Crippen molar-refractivity contribution in [2.45, 2.75) is 25.4 Å². The first-order chi connectivity index (χ1) is 9.81. The fourth-order valence-electron chi connectivity index (χ4n) is 2.38. The Morgan fingerprint density at radius 2 is 2.05 bits per heavy atom. The molecule has 104 valence electrons. The second-order valence-corrected chi connectivity index (χ2v) is 6.22. The van der Waals surface area contributed by atoms with Crippen LogP contribution in [0.3, 0.4) is 0 Å². The third-order valence-corrected chi connectivity index (χ3v) is 4.68. The van der Waals surface area contributed by atoms with Crippen LogP contribution < -0.4 is 10.6 Å². The Kier molecular flexibility index (Phi) is 4.14. The number of hydrogen-bond donors (Lipinski definition) is 2. The minimum Gasteiger partial charge on any atom is -0.355 e. The van der Waals surface area contributed by atoms with Crippen LogP contribution >= 0.6 is 11.3 Å². The molecule has 2 N–H and O–H groups in total. The molecular weight excluding hydrogens is 268 g/mol. The SMILES string of the molecule is O=C1CCC(NCc2ccc(-c3ccccc3)s2)CN1. The van der Waals surface area contributed by atoms with Gasteiger partial charge in [-0.2, -0.15) is 0 Å². The van der Waals surface area contributed by atoms with Crippen molar-refractivity contribution in [3.63, 3.8) is 0 Å². The van der Waals surface area contributed by atoms with Gasteiger partial charge in [-0.1, -0.05) is 30.3 Å². The minimum atomic E-state index is 0.172. The standard InChI is InChI=1S/C16H18N2OS/c19-16-9-6-13(10-18-16)17-11-14-7-8-15(20-14)12-4-2-1-3-5-12/h1-5,7-8,13,17H,6,9-11H2,(H,18,19). The van der Waals surface area contributed by atoms with E-state index in [0.29, 0.717) is 12.5 Å². The lowest BCUT2D eigenvalue weighted by molar-refractivity contribution is -0.122. The van der Waals surface area contributed by atoms with Gasteiger partial charge in [-0.25, -0.2) is 0 Å². The van der Waals surface area contributed by atoms with Gasteiger partial charge in [0.2, 0.25) is 5.91 Å². The molecule has 20 heavy (non-hydrogen) atoms. The summed E-state index contributed by atoms with van der Waals surface area (Å²) in [6.07, 6.45) is 1.57. The van der Waals surface area contributed by atoms with E-state index in [9.17, 15) is 4.79 Å². The molecule has 1 atom stereocenters. The molecule has 0 saturated carbocycles. The van der Waals surface area contributed by atoms with E-state index >= 15 is 0 Å². The molecule has 1 amide bonds. The number of benzene rings is 1. The van der Waals surface area contributed by atoms with Crippen molar-refractivity contribution in [3.8, 4) is 10.4 Å². The molecule has 0 bridgehead atoms. The molecule has 1 aliphatic heterocycles. The summed E-state index contributed by atoms with van der Waals surface area (Å²) in [6.45, 7) is 1.62. The number of rotatable bonds is 4. The van der Waals surface area contributed by atoms with E-state index < -0.39 is 0 Å². The normalized spacial score (nSPS) is 18.8. The number of amides is 1. The monoisotopic (exact) mass is 286 g/mol. The molecule has 1 aromatic heterocycles. The molecule has 3 nitrogen and oxygen atoms in total. The molecule has 1 saturated heterocycles. The van der Waals surface area contributed by atoms with E-state index in [2.05, 4.69) is 47.0 Å². The third-order valence-electron chi connectivity index (χ3n) is 3.55. The van der Waals surface area contributed by atoms with Gasteiger partial charge in [-0.15, -0.1) is 11.3 Å². The van der Waals surface area contributed by atoms with Crippen molar-refractivity contribution in [3.05, 3.63) is 47.3 Å². The average Bonchev–Trinajstić information content (AvgIpc) is 2.97. The third kappa shape index (κ3) is 3.26. The number of piperidine rings is 1. The molecule has 1 unspecified atom stereocenters. The molecule has 4 heteroatoms. The van der Waals surface area contributed by atoms with Crippen LogP contribution in [0.5, 0.6) is 0 Å². The van der Waals surface area contributed by atoms with Gasteiger partial charge >= 0.3 is 0 Å². The van der Waals surface area contributed by atoms with Crippen LogP contribution in [0.1, 0.15) is 17.7 Å². The van der Waals surface area contributed by atoms with Crippen molar-refractivity contribution in [2.24, 2.45) is 0 Å². The van der Waals surface area contributed by atoms with Gasteiger partial charge in [0.1, 0.15) is 0 Å². The van der Waals surface area contributed by atoms with Crippen LogP contribution in [0.2, 0.25) is 0 Å². The maximum absolute atomic E-state index is 11.1. The van der Waals surface area contributed by atoms with E-state index in [0.717, 1.165) is 19.5 Å². The summed E-state index contributed by atoms with van der Waals surface area (Å²) < 4.78 is 0. The highest BCUT2D eigenvalue weighted by molar-refractivity contribution is 7.15. The molecule has 1 aromatic carbocycles. The van der Waals surface area contributed by atoms with Crippen LogP contribution in [-0.2, 0) is 11.3 Å². The van der Waals surface area contributed by atoms with Gasteiger partial charge in [0, 0.05) is 35.3 Å². The largest absolute Gasteiger partial charge is 0.355 e. The van der Waals surface area contributed by atoms with Gasteiger partial charge in [-0.05, 0) is 24.1 Å². The van der Waals surface area contributed by atoms with Crippen LogP contribution in [0, 0.1) is 0 Å². The Morgan fingerprint density at radius 1 is 1.20 bits per heavy atom. The van der Waals surface area contributed by atoms with Crippen LogP contribution in [0.4, 0.5) is 0 Å². The van der Waals surface area contributed by atoms with E-state index in [1.54, 1.807) is 0 Å². The minimum absolute atomic E-state index is 0.172. The van der Waals surface area contributed by atoms with Crippen molar-refractivity contribution in [2.75, 3.05) is 6.54 Å². The second-order valence-electron chi connectivity index (χ2n) is 5.05. The lowest BCUT2D eigenvalue weighted by Gasteiger charge is -2.23. The Balaban J connectivity index is 1.57. The molecule has 1 aliphatic rings. The average molecular weight is 286 g/mol. The van der Waals surface area contributed by atoms with E-state index in [1.165, 1.54) is 15.3 Å². The summed E-state index contributed by atoms with van der Waals surface area (Å²) in [5.74, 6) is 0.172. The number of carbonyl (C=O) groups excluding carboxylic acids is 1. The number of hydrogen-bond acceptors (Lipinski definition) is 3. The van der Waals surface area contributed by atoms with E-state index in [1.807, 2.05) is 17.4 Å². The Bertz CT molecular complexity index is 569. The highest BCUT2D eigenvalue weighted by Gasteiger charge is 2.17. The Labute approximate surface area is 123 Å². The molecule has 3 rings (SSSR count). The van der Waals surface area contributed by atoms with E-state index in [4.69, 9.17) is 0 Å². The first-order valence-corrected chi connectivity index (χ1v) is 7.77. The van der Waals surface area contributed by atoms with Gasteiger partial charge < -0.3 is 10.6 Å².